The number of carboxylic acids is 1. The minimum absolute atomic E-state index is 0.333. The van der Waals surface area contributed by atoms with E-state index in [9.17, 15) is 14.7 Å². The third kappa shape index (κ3) is 2.90. The van der Waals surface area contributed by atoms with Gasteiger partial charge in [0.25, 0.3) is 5.91 Å². The zero-order valence-corrected chi connectivity index (χ0v) is 12.2. The molecule has 1 unspecified atom stereocenters. The second kappa shape index (κ2) is 5.21. The van der Waals surface area contributed by atoms with E-state index in [1.807, 2.05) is 26.0 Å². The third-order valence-electron chi connectivity index (χ3n) is 3.64. The molecule has 0 aliphatic carbocycles. The van der Waals surface area contributed by atoms with Crippen LogP contribution in [-0.4, -0.2) is 39.2 Å². The van der Waals surface area contributed by atoms with E-state index in [0.717, 1.165) is 29.0 Å². The highest BCUT2D eigenvalue weighted by Crippen LogP contribution is 2.22. The van der Waals surface area contributed by atoms with Gasteiger partial charge in [-0.05, 0) is 44.0 Å². The molecular weight excluding hydrogens is 272 g/mol. The highest BCUT2D eigenvalue weighted by atomic mass is 16.4. The molecule has 1 aromatic heterocycles. The van der Waals surface area contributed by atoms with Crippen molar-refractivity contribution in [3.05, 3.63) is 35.0 Å². The van der Waals surface area contributed by atoms with Gasteiger partial charge in [-0.1, -0.05) is 6.07 Å². The van der Waals surface area contributed by atoms with Crippen LogP contribution in [0.3, 0.4) is 0 Å². The molecule has 2 aromatic rings. The molecule has 0 radical (unpaired) electrons. The van der Waals surface area contributed by atoms with E-state index in [-0.39, 0.29) is 6.54 Å². The minimum atomic E-state index is -1.99. The average Bonchev–Trinajstić information content (AvgIpc) is 2.85. The topological polar surface area (TPSA) is 102 Å². The molecule has 1 heterocycles. The standard InChI is InChI=1S/C15H18N2O4/c1-8-4-5-11-10(9(8)2)6-12(17-11)13(18)16-7-15(3,21)14(19)20/h4-6,17,21H,7H2,1-3H3,(H,16,18)(H,19,20). The number of hydrogen-bond donors (Lipinski definition) is 4. The Hall–Kier alpha value is -2.34. The van der Waals surface area contributed by atoms with Gasteiger partial charge in [-0.3, -0.25) is 4.79 Å². The van der Waals surface area contributed by atoms with Crippen LogP contribution in [0.25, 0.3) is 10.9 Å². The number of aromatic amines is 1. The Morgan fingerprint density at radius 3 is 2.62 bits per heavy atom. The molecule has 0 saturated heterocycles. The van der Waals surface area contributed by atoms with E-state index in [0.29, 0.717) is 5.69 Å². The van der Waals surface area contributed by atoms with Crippen molar-refractivity contribution in [2.45, 2.75) is 26.4 Å². The predicted molar refractivity (Wildman–Crippen MR) is 78.4 cm³/mol. The molecule has 112 valence electrons. The molecule has 21 heavy (non-hydrogen) atoms. The fraction of sp³-hybridized carbons (Fsp3) is 0.333. The maximum absolute atomic E-state index is 12.0. The molecule has 2 rings (SSSR count). The molecule has 0 bridgehead atoms. The number of carbonyl (C=O) groups excluding carboxylic acids is 1. The van der Waals surface area contributed by atoms with Gasteiger partial charge in [0.2, 0.25) is 0 Å². The zero-order valence-electron chi connectivity index (χ0n) is 12.2. The highest BCUT2D eigenvalue weighted by Gasteiger charge is 2.30. The molecule has 1 atom stereocenters. The van der Waals surface area contributed by atoms with Crippen LogP contribution in [0.15, 0.2) is 18.2 Å². The number of H-pyrrole nitrogens is 1. The van der Waals surface area contributed by atoms with Gasteiger partial charge in [-0.25, -0.2) is 4.79 Å². The van der Waals surface area contributed by atoms with Crippen molar-refractivity contribution >= 4 is 22.8 Å². The lowest BCUT2D eigenvalue weighted by atomic mass is 10.1. The van der Waals surface area contributed by atoms with Crippen molar-refractivity contribution in [2.24, 2.45) is 0 Å². The maximum Gasteiger partial charge on any atom is 0.337 e. The van der Waals surface area contributed by atoms with E-state index in [2.05, 4.69) is 10.3 Å². The smallest absolute Gasteiger partial charge is 0.337 e. The molecule has 1 aromatic carbocycles. The summed E-state index contributed by atoms with van der Waals surface area (Å²) in [6.07, 6.45) is 0. The number of amides is 1. The van der Waals surface area contributed by atoms with Crippen LogP contribution in [0.4, 0.5) is 0 Å². The molecule has 6 heteroatoms. The summed E-state index contributed by atoms with van der Waals surface area (Å²) in [6, 6.07) is 5.58. The van der Waals surface area contributed by atoms with Gasteiger partial charge in [0.15, 0.2) is 5.60 Å². The van der Waals surface area contributed by atoms with Crippen molar-refractivity contribution in [1.82, 2.24) is 10.3 Å². The van der Waals surface area contributed by atoms with Gasteiger partial charge < -0.3 is 20.5 Å². The molecule has 4 N–H and O–H groups in total. The summed E-state index contributed by atoms with van der Waals surface area (Å²) in [5.74, 6) is -1.84. The second-order valence-electron chi connectivity index (χ2n) is 5.41. The molecule has 0 aliphatic heterocycles. The number of hydrogen-bond acceptors (Lipinski definition) is 3. The van der Waals surface area contributed by atoms with E-state index >= 15 is 0 Å². The van der Waals surface area contributed by atoms with Gasteiger partial charge in [0, 0.05) is 10.9 Å². The number of benzene rings is 1. The Bertz CT molecular complexity index is 716. The number of rotatable bonds is 4. The first kappa shape index (κ1) is 15.1. The van der Waals surface area contributed by atoms with Crippen LogP contribution >= 0.6 is 0 Å². The lowest BCUT2D eigenvalue weighted by molar-refractivity contribution is -0.155. The second-order valence-corrected chi connectivity index (χ2v) is 5.41. The molecule has 0 spiro atoms. The van der Waals surface area contributed by atoms with E-state index in [1.54, 1.807) is 6.07 Å². The SMILES string of the molecule is Cc1ccc2[nH]c(C(=O)NCC(C)(O)C(=O)O)cc2c1C. The normalized spacial score (nSPS) is 13.9. The Kier molecular flexibility index (Phi) is 3.74. The molecule has 1 amide bonds. The summed E-state index contributed by atoms with van der Waals surface area (Å²) in [6.45, 7) is 4.73. The Morgan fingerprint density at radius 2 is 2.00 bits per heavy atom. The summed E-state index contributed by atoms with van der Waals surface area (Å²) in [5, 5.41) is 21.7. The Morgan fingerprint density at radius 1 is 1.33 bits per heavy atom. The largest absolute Gasteiger partial charge is 0.479 e. The third-order valence-corrected chi connectivity index (χ3v) is 3.64. The van der Waals surface area contributed by atoms with Crippen molar-refractivity contribution in [3.8, 4) is 0 Å². The molecule has 6 nitrogen and oxygen atoms in total. The van der Waals surface area contributed by atoms with E-state index in [4.69, 9.17) is 5.11 Å². The van der Waals surface area contributed by atoms with Gasteiger partial charge in [-0.2, -0.15) is 0 Å². The summed E-state index contributed by atoms with van der Waals surface area (Å²) < 4.78 is 0. The van der Waals surface area contributed by atoms with Gasteiger partial charge >= 0.3 is 5.97 Å². The van der Waals surface area contributed by atoms with Crippen LogP contribution < -0.4 is 5.32 Å². The molecule has 0 fully saturated rings. The summed E-state index contributed by atoms with van der Waals surface area (Å²) in [7, 11) is 0. The van der Waals surface area contributed by atoms with Crippen molar-refractivity contribution < 1.29 is 19.8 Å². The van der Waals surface area contributed by atoms with Crippen LogP contribution in [0.1, 0.15) is 28.5 Å². The predicted octanol–water partition coefficient (Wildman–Crippen LogP) is 1.35. The first-order chi connectivity index (χ1) is 9.72. The highest BCUT2D eigenvalue weighted by molar-refractivity contribution is 5.99. The van der Waals surface area contributed by atoms with Gasteiger partial charge in [0.05, 0.1) is 6.54 Å². The monoisotopic (exact) mass is 290 g/mol. The summed E-state index contributed by atoms with van der Waals surface area (Å²) >= 11 is 0. The summed E-state index contributed by atoms with van der Waals surface area (Å²) in [4.78, 5) is 25.8. The first-order valence-corrected chi connectivity index (χ1v) is 6.55. The van der Waals surface area contributed by atoms with Crippen LogP contribution in [-0.2, 0) is 4.79 Å². The zero-order chi connectivity index (χ0) is 15.8. The number of aliphatic carboxylic acids is 1. The van der Waals surface area contributed by atoms with Gasteiger partial charge in [-0.15, -0.1) is 0 Å². The fourth-order valence-electron chi connectivity index (χ4n) is 2.00. The van der Waals surface area contributed by atoms with Crippen LogP contribution in [0.5, 0.6) is 0 Å². The number of carbonyl (C=O) groups is 2. The molecular formula is C15H18N2O4. The number of fused-ring (bicyclic) bond motifs is 1. The number of aromatic nitrogens is 1. The maximum atomic E-state index is 12.0. The van der Waals surface area contributed by atoms with E-state index in [1.165, 1.54) is 0 Å². The van der Waals surface area contributed by atoms with Crippen molar-refractivity contribution in [3.63, 3.8) is 0 Å². The van der Waals surface area contributed by atoms with Gasteiger partial charge in [0.1, 0.15) is 5.69 Å². The van der Waals surface area contributed by atoms with Crippen molar-refractivity contribution in [1.29, 1.82) is 0 Å². The number of carboxylic acid groups (broad SMARTS) is 1. The summed E-state index contributed by atoms with van der Waals surface area (Å²) in [5.41, 5.74) is 1.39. The van der Waals surface area contributed by atoms with Crippen molar-refractivity contribution in [2.75, 3.05) is 6.54 Å². The Labute approximate surface area is 121 Å². The Balaban J connectivity index is 2.21. The average molecular weight is 290 g/mol. The van der Waals surface area contributed by atoms with Crippen LogP contribution in [0, 0.1) is 13.8 Å². The quantitative estimate of drug-likeness (QED) is 0.682. The molecule has 0 aliphatic rings. The number of aryl methyl sites for hydroxylation is 2. The fourth-order valence-corrected chi connectivity index (χ4v) is 2.00. The first-order valence-electron chi connectivity index (χ1n) is 6.55. The molecule has 0 saturated carbocycles. The minimum Gasteiger partial charge on any atom is -0.479 e. The lowest BCUT2D eigenvalue weighted by Crippen LogP contribution is -2.46. The number of aliphatic hydroxyl groups is 1. The number of nitrogens with one attached hydrogen (secondary N) is 2. The van der Waals surface area contributed by atoms with E-state index < -0.39 is 17.5 Å². The van der Waals surface area contributed by atoms with Crippen LogP contribution in [0.2, 0.25) is 0 Å². The lowest BCUT2D eigenvalue weighted by Gasteiger charge is -2.17.